The fourth-order valence-electron chi connectivity index (χ4n) is 2.36. The van der Waals surface area contributed by atoms with E-state index in [1.54, 1.807) is 6.20 Å². The van der Waals surface area contributed by atoms with Crippen LogP contribution in [0.15, 0.2) is 29.1 Å². The van der Waals surface area contributed by atoms with Crippen molar-refractivity contribution in [2.45, 2.75) is 39.3 Å². The third-order valence-corrected chi connectivity index (χ3v) is 3.96. The lowest BCUT2D eigenvalue weighted by Gasteiger charge is -2.22. The third-order valence-electron chi connectivity index (χ3n) is 3.35. The zero-order valence-electron chi connectivity index (χ0n) is 12.0. The second-order valence-corrected chi connectivity index (χ2v) is 5.80. The molecule has 2 aromatic heterocycles. The lowest BCUT2D eigenvalue weighted by atomic mass is 9.98. The third kappa shape index (κ3) is 2.77. The lowest BCUT2D eigenvalue weighted by Crippen LogP contribution is -2.32. The van der Waals surface area contributed by atoms with Gasteiger partial charge in [-0.1, -0.05) is 6.92 Å². The summed E-state index contributed by atoms with van der Waals surface area (Å²) in [6.45, 7) is 6.32. The zero-order chi connectivity index (χ0) is 14.7. The van der Waals surface area contributed by atoms with Crippen molar-refractivity contribution in [2.75, 3.05) is 0 Å². The Morgan fingerprint density at radius 2 is 2.15 bits per heavy atom. The van der Waals surface area contributed by atoms with Gasteiger partial charge in [-0.15, -0.1) is 0 Å². The average Bonchev–Trinajstić information content (AvgIpc) is 2.83. The SMILES string of the molecule is CCc1cnccc1C(NN)c1c(Br)cnn1C(C)C. The van der Waals surface area contributed by atoms with Crippen LogP contribution in [0.25, 0.3) is 0 Å². The molecule has 6 heteroatoms. The normalized spacial score (nSPS) is 12.9. The molecule has 0 aliphatic heterocycles. The van der Waals surface area contributed by atoms with Crippen molar-refractivity contribution < 1.29 is 0 Å². The molecule has 2 heterocycles. The van der Waals surface area contributed by atoms with E-state index in [0.29, 0.717) is 0 Å². The number of hydrogen-bond acceptors (Lipinski definition) is 4. The Bertz CT molecular complexity index is 579. The number of pyridine rings is 1. The fourth-order valence-corrected chi connectivity index (χ4v) is 2.87. The number of nitrogens with one attached hydrogen (secondary N) is 1. The summed E-state index contributed by atoms with van der Waals surface area (Å²) in [5.41, 5.74) is 6.26. The summed E-state index contributed by atoms with van der Waals surface area (Å²) in [6, 6.07) is 2.15. The summed E-state index contributed by atoms with van der Waals surface area (Å²) in [4.78, 5) is 4.19. The van der Waals surface area contributed by atoms with Crippen LogP contribution in [0.4, 0.5) is 0 Å². The van der Waals surface area contributed by atoms with E-state index in [1.165, 1.54) is 5.56 Å². The number of rotatable bonds is 5. The molecule has 3 N–H and O–H groups in total. The highest BCUT2D eigenvalue weighted by Gasteiger charge is 2.23. The molecule has 0 radical (unpaired) electrons. The maximum Gasteiger partial charge on any atom is 0.0893 e. The van der Waals surface area contributed by atoms with Gasteiger partial charge in [0.2, 0.25) is 0 Å². The first-order valence-corrected chi connectivity index (χ1v) is 7.51. The predicted molar refractivity (Wildman–Crippen MR) is 83.1 cm³/mol. The van der Waals surface area contributed by atoms with Gasteiger partial charge in [-0.05, 0) is 53.4 Å². The monoisotopic (exact) mass is 337 g/mol. The van der Waals surface area contributed by atoms with Crippen molar-refractivity contribution in [3.05, 3.63) is 46.0 Å². The van der Waals surface area contributed by atoms with Crippen molar-refractivity contribution >= 4 is 15.9 Å². The summed E-state index contributed by atoms with van der Waals surface area (Å²) in [5.74, 6) is 5.83. The van der Waals surface area contributed by atoms with Gasteiger partial charge < -0.3 is 0 Å². The van der Waals surface area contributed by atoms with E-state index in [0.717, 1.165) is 22.2 Å². The molecule has 0 fully saturated rings. The standard InChI is InChI=1S/C14H20BrN5/c1-4-10-7-17-6-5-11(10)13(19-16)14-12(15)8-18-20(14)9(2)3/h5-9,13,19H,4,16H2,1-3H3. The number of hydrazine groups is 1. The van der Waals surface area contributed by atoms with Crippen LogP contribution < -0.4 is 11.3 Å². The van der Waals surface area contributed by atoms with Gasteiger partial charge in [0.05, 0.1) is 22.4 Å². The number of nitrogens with zero attached hydrogens (tertiary/aromatic N) is 3. The summed E-state index contributed by atoms with van der Waals surface area (Å²) >= 11 is 3.58. The van der Waals surface area contributed by atoms with E-state index in [1.807, 2.05) is 23.1 Å². The molecular weight excluding hydrogens is 318 g/mol. The minimum absolute atomic E-state index is 0.118. The number of aromatic nitrogens is 3. The van der Waals surface area contributed by atoms with E-state index < -0.39 is 0 Å². The van der Waals surface area contributed by atoms with E-state index in [9.17, 15) is 0 Å². The molecule has 0 saturated heterocycles. The Kier molecular flexibility index (Phi) is 4.91. The maximum absolute atomic E-state index is 5.83. The summed E-state index contributed by atoms with van der Waals surface area (Å²) < 4.78 is 2.93. The van der Waals surface area contributed by atoms with Gasteiger partial charge in [0, 0.05) is 18.4 Å². The van der Waals surface area contributed by atoms with E-state index in [-0.39, 0.29) is 12.1 Å². The van der Waals surface area contributed by atoms with Crippen molar-refractivity contribution in [1.29, 1.82) is 0 Å². The minimum Gasteiger partial charge on any atom is -0.271 e. The molecule has 5 nitrogen and oxygen atoms in total. The van der Waals surface area contributed by atoms with Crippen LogP contribution in [-0.2, 0) is 6.42 Å². The molecule has 0 aliphatic carbocycles. The highest BCUT2D eigenvalue weighted by atomic mass is 79.9. The summed E-state index contributed by atoms with van der Waals surface area (Å²) in [7, 11) is 0. The van der Waals surface area contributed by atoms with Gasteiger partial charge in [-0.3, -0.25) is 15.5 Å². The number of halogens is 1. The van der Waals surface area contributed by atoms with Crippen molar-refractivity contribution in [1.82, 2.24) is 20.2 Å². The van der Waals surface area contributed by atoms with Crippen molar-refractivity contribution in [2.24, 2.45) is 5.84 Å². The Balaban J connectivity index is 2.55. The Morgan fingerprint density at radius 1 is 1.40 bits per heavy atom. The first kappa shape index (κ1) is 15.2. The van der Waals surface area contributed by atoms with Gasteiger partial charge >= 0.3 is 0 Å². The molecule has 0 aromatic carbocycles. The summed E-state index contributed by atoms with van der Waals surface area (Å²) in [6.07, 6.45) is 6.41. The Morgan fingerprint density at radius 3 is 2.75 bits per heavy atom. The van der Waals surface area contributed by atoms with Gasteiger partial charge in [0.25, 0.3) is 0 Å². The smallest absolute Gasteiger partial charge is 0.0893 e. The van der Waals surface area contributed by atoms with E-state index in [2.05, 4.69) is 52.2 Å². The van der Waals surface area contributed by atoms with Crippen LogP contribution in [0, 0.1) is 0 Å². The predicted octanol–water partition coefficient (Wildman–Crippen LogP) is 2.74. The van der Waals surface area contributed by atoms with E-state index in [4.69, 9.17) is 5.84 Å². The van der Waals surface area contributed by atoms with Gasteiger partial charge in [0.1, 0.15) is 0 Å². The van der Waals surface area contributed by atoms with Crippen LogP contribution in [0.3, 0.4) is 0 Å². The number of hydrogen-bond donors (Lipinski definition) is 2. The van der Waals surface area contributed by atoms with Crippen LogP contribution in [0.2, 0.25) is 0 Å². The van der Waals surface area contributed by atoms with Gasteiger partial charge in [-0.25, -0.2) is 5.43 Å². The van der Waals surface area contributed by atoms with Crippen LogP contribution >= 0.6 is 15.9 Å². The quantitative estimate of drug-likeness (QED) is 0.650. The lowest BCUT2D eigenvalue weighted by molar-refractivity contribution is 0.474. The summed E-state index contributed by atoms with van der Waals surface area (Å²) in [5, 5.41) is 4.42. The molecule has 2 rings (SSSR count). The molecule has 1 unspecified atom stereocenters. The largest absolute Gasteiger partial charge is 0.271 e. The molecule has 2 aromatic rings. The van der Waals surface area contributed by atoms with Crippen LogP contribution in [0.1, 0.15) is 49.7 Å². The minimum atomic E-state index is -0.118. The molecular formula is C14H20BrN5. The molecule has 0 bridgehead atoms. The molecule has 0 aliphatic rings. The maximum atomic E-state index is 5.83. The number of nitrogens with two attached hydrogens (primary N) is 1. The molecule has 0 spiro atoms. The highest BCUT2D eigenvalue weighted by molar-refractivity contribution is 9.10. The molecule has 1 atom stereocenters. The first-order valence-electron chi connectivity index (χ1n) is 6.71. The Labute approximate surface area is 127 Å². The van der Waals surface area contributed by atoms with Crippen LogP contribution in [-0.4, -0.2) is 14.8 Å². The Hall–Kier alpha value is -1.24. The van der Waals surface area contributed by atoms with Gasteiger partial charge in [-0.2, -0.15) is 5.10 Å². The molecule has 20 heavy (non-hydrogen) atoms. The topological polar surface area (TPSA) is 68.8 Å². The fraction of sp³-hybridized carbons (Fsp3) is 0.429. The number of aryl methyl sites for hydroxylation is 1. The van der Waals surface area contributed by atoms with Gasteiger partial charge in [0.15, 0.2) is 0 Å². The van der Waals surface area contributed by atoms with Crippen molar-refractivity contribution in [3.63, 3.8) is 0 Å². The second kappa shape index (κ2) is 6.47. The zero-order valence-corrected chi connectivity index (χ0v) is 13.6. The van der Waals surface area contributed by atoms with Crippen molar-refractivity contribution in [3.8, 4) is 0 Å². The average molecular weight is 338 g/mol. The van der Waals surface area contributed by atoms with Crippen LogP contribution in [0.5, 0.6) is 0 Å². The highest BCUT2D eigenvalue weighted by Crippen LogP contribution is 2.31. The molecule has 0 amide bonds. The molecule has 0 saturated carbocycles. The molecule has 108 valence electrons. The second-order valence-electron chi connectivity index (χ2n) is 4.94. The first-order chi connectivity index (χ1) is 9.60. The van der Waals surface area contributed by atoms with E-state index >= 15 is 0 Å².